The third-order valence-electron chi connectivity index (χ3n) is 13.7. The largest absolute Gasteiger partial charge is 1.00 e. The van der Waals surface area contributed by atoms with Crippen LogP contribution in [0.5, 0.6) is 11.5 Å². The van der Waals surface area contributed by atoms with E-state index in [-0.39, 0.29) is 187 Å². The molecule has 0 amide bonds. The Morgan fingerprint density at radius 1 is 0.538 bits per heavy atom. The van der Waals surface area contributed by atoms with Gasteiger partial charge < -0.3 is 49.8 Å². The molecule has 8 aromatic rings. The Morgan fingerprint density at radius 3 is 1.31 bits per heavy atom. The predicted octanol–water partition coefficient (Wildman–Crippen LogP) is 4.17. The molecule has 0 saturated heterocycles. The van der Waals surface area contributed by atoms with Crippen molar-refractivity contribution in [1.82, 2.24) is 0 Å². The van der Waals surface area contributed by atoms with Crippen molar-refractivity contribution in [2.45, 2.75) is 61.7 Å². The third kappa shape index (κ3) is 23.7. The molecule has 93 heavy (non-hydrogen) atoms. The predicted molar refractivity (Wildman–Crippen MR) is 343 cm³/mol. The monoisotopic (exact) mass is 1440 g/mol. The van der Waals surface area contributed by atoms with E-state index in [1.165, 1.54) is 103 Å². The fourth-order valence-electron chi connectivity index (χ4n) is 9.22. The van der Waals surface area contributed by atoms with Crippen LogP contribution >= 0.6 is 15.9 Å². The maximum atomic E-state index is 14.1. The first kappa shape index (κ1) is 81.1. The number of carbonyl (C=O) groups is 5. The molecule has 0 aliphatic rings. The van der Waals surface area contributed by atoms with Crippen molar-refractivity contribution in [3.05, 3.63) is 193 Å². The smallest absolute Gasteiger partial charge is 1.00 e. The number of benzene rings is 8. The van der Waals surface area contributed by atoms with Gasteiger partial charge in [0.25, 0.3) is 26.5 Å². The summed E-state index contributed by atoms with van der Waals surface area (Å²) < 4.78 is 115. The second kappa shape index (κ2) is 40.3. The average molecular weight is 1440 g/mol. The van der Waals surface area contributed by atoms with E-state index < -0.39 is 38.5 Å². The van der Waals surface area contributed by atoms with Gasteiger partial charge in [-0.1, -0.05) is 88.7 Å². The van der Waals surface area contributed by atoms with Crippen LogP contribution in [0.15, 0.2) is 180 Å². The number of nitrogens with zero attached hydrogens (tertiary/aromatic N) is 3. The minimum atomic E-state index is -4.24. The van der Waals surface area contributed by atoms with Crippen LogP contribution in [-0.4, -0.2) is 114 Å². The number of halogens is 3. The first-order valence-electron chi connectivity index (χ1n) is 27.5. The second-order valence-electron chi connectivity index (χ2n) is 19.5. The Morgan fingerprint density at radius 2 is 0.925 bits per heavy atom. The zero-order valence-corrected chi connectivity index (χ0v) is 62.3. The van der Waals surface area contributed by atoms with Gasteiger partial charge in [-0.15, -0.1) is 0 Å². The van der Waals surface area contributed by atoms with Crippen LogP contribution in [0.3, 0.4) is 0 Å². The fourth-order valence-corrected chi connectivity index (χ4v) is 12.0. The average Bonchev–Trinajstić information content (AvgIpc) is 0.768. The first-order chi connectivity index (χ1) is 43.5. The maximum Gasteiger partial charge on any atom is 1.00 e. The van der Waals surface area contributed by atoms with Gasteiger partial charge >= 0.3 is 127 Å². The van der Waals surface area contributed by atoms with Crippen LogP contribution in [0, 0.1) is 11.6 Å². The van der Waals surface area contributed by atoms with Crippen LogP contribution in [0.2, 0.25) is 0 Å². The minimum Gasteiger partial charge on any atom is -1.00 e. The number of sulfonamides is 2. The molecule has 0 unspecified atom stereocenters. The fraction of sp³-hybridized carbons (Fsp3) is 0.246. The molecule has 2 atom stereocenters. The van der Waals surface area contributed by atoms with Gasteiger partial charge in [-0.3, -0.25) is 33.0 Å². The summed E-state index contributed by atoms with van der Waals surface area (Å²) >= 11 is 2.90. The molecule has 486 valence electrons. The van der Waals surface area contributed by atoms with Crippen molar-refractivity contribution in [3.8, 4) is 11.5 Å². The summed E-state index contributed by atoms with van der Waals surface area (Å²) in [5, 5.41) is 11.4. The van der Waals surface area contributed by atoms with Gasteiger partial charge in [-0.05, 0) is 122 Å². The van der Waals surface area contributed by atoms with Crippen LogP contribution in [0.25, 0.3) is 21.5 Å². The molecule has 0 spiro atoms. The molecule has 0 aromatic heterocycles. The Labute approximate surface area is 634 Å². The van der Waals surface area contributed by atoms with Crippen molar-refractivity contribution < 1.29 is 192 Å². The molecule has 0 bridgehead atoms. The zero-order valence-electron chi connectivity index (χ0n) is 53.9. The quantitative estimate of drug-likeness (QED) is 0.0169. The Kier molecular flexibility index (Phi) is 35.2. The van der Waals surface area contributed by atoms with Crippen molar-refractivity contribution in [2.75, 3.05) is 73.4 Å². The SMILES string of the molecule is COC(=O)CBr.COC(=O)C[C@H](C)N(Cc1cccc(F)c1)c1ccc(N(CC(=O)OC)S(=O)(=O)c2ccc(OC)cc2)c2ccccc12.COC(=O)C[C@H](C)N(Cc1cccc(F)c1)c1ccc(NS(=O)(=O)c2ccc(OC)cc2)c2ccccc12.O=CO[O-].[H-].[K+].[K+]. The van der Waals surface area contributed by atoms with Gasteiger partial charge in [0.05, 0.1) is 76.7 Å². The Balaban J connectivity index is 0.000000546. The molecule has 1 N–H and O–H groups in total. The van der Waals surface area contributed by atoms with Gasteiger partial charge in [-0.25, -0.2) is 25.6 Å². The van der Waals surface area contributed by atoms with E-state index in [9.17, 15) is 44.8 Å². The van der Waals surface area contributed by atoms with Crippen LogP contribution in [-0.2, 0) is 80.9 Å². The number of anilines is 4. The number of rotatable bonds is 24. The van der Waals surface area contributed by atoms with Crippen molar-refractivity contribution >= 4 is 111 Å². The topological polar surface area (TPSA) is 263 Å². The molecule has 0 fully saturated rings. The summed E-state index contributed by atoms with van der Waals surface area (Å²) in [4.78, 5) is 62.0. The summed E-state index contributed by atoms with van der Waals surface area (Å²) in [7, 11) is 0.0716. The number of methoxy groups -OCH3 is 6. The van der Waals surface area contributed by atoms with E-state index in [1.807, 2.05) is 66.1 Å². The van der Waals surface area contributed by atoms with E-state index in [4.69, 9.17) is 33.7 Å². The summed E-state index contributed by atoms with van der Waals surface area (Å²) in [6.45, 7) is 3.59. The Hall–Kier alpha value is -6.10. The van der Waals surface area contributed by atoms with Crippen LogP contribution in [0.1, 0.15) is 39.2 Å². The molecule has 21 nitrogen and oxygen atoms in total. The summed E-state index contributed by atoms with van der Waals surface area (Å²) in [5.41, 5.74) is 3.53. The van der Waals surface area contributed by atoms with Crippen molar-refractivity contribution in [2.24, 2.45) is 0 Å². The van der Waals surface area contributed by atoms with Crippen molar-refractivity contribution in [1.29, 1.82) is 0 Å². The van der Waals surface area contributed by atoms with Gasteiger partial charge in [0, 0.05) is 58.1 Å². The standard InChI is InChI=1S/C32H33FN2O7S.C29H29FN2O5S.C3H5BrO2.CH2O3.2K.H/c1-22(18-31(36)41-3)34(20-23-8-7-9-24(33)19-23)29-16-17-30(28-11-6-5-10-27(28)29)35(21-32(37)42-4)43(38,39)26-14-12-25(40-2)13-15-26;1-20(17-29(33)37-3)32(19-21-7-6-8-22(30)18-21)28-16-15-27(25-9-4-5-10-26(25)28)31-38(34,35)24-13-11-23(36-2)12-14-24;1-6-3(5)2-4;2-1-4-3;;;/h5-17,19,22H,18,20-21H2,1-4H3;4-16,18,20,31H,17,19H2,1-3H3;2H2,1H3;1,3H;;;/q;;;;2*+1;-1/p-1/t22-;20-;;;;;/m00...../s1. The summed E-state index contributed by atoms with van der Waals surface area (Å²) in [6, 6.07) is 45.2. The number of fused-ring (bicyclic) bond motifs is 2. The van der Waals surface area contributed by atoms with Crippen LogP contribution in [0.4, 0.5) is 31.5 Å². The number of alkyl halides is 1. The maximum absolute atomic E-state index is 14.1. The number of carbonyl (C=O) groups excluding carboxylic acids is 5. The van der Waals surface area contributed by atoms with Crippen molar-refractivity contribution in [3.63, 3.8) is 0 Å². The number of hydrogen-bond acceptors (Lipinski definition) is 19. The summed E-state index contributed by atoms with van der Waals surface area (Å²) in [6.07, 6.45) is 0.175. The van der Waals surface area contributed by atoms with E-state index in [0.717, 1.165) is 20.9 Å². The number of nitrogens with one attached hydrogen (secondary N) is 1. The number of ether oxygens (including phenoxy) is 6. The normalized spacial score (nSPS) is 11.2. The summed E-state index contributed by atoms with van der Waals surface area (Å²) in [5.74, 6) is -1.47. The van der Waals surface area contributed by atoms with Crippen LogP contribution < -0.4 is 136 Å². The molecule has 0 saturated carbocycles. The van der Waals surface area contributed by atoms with Gasteiger partial charge in [-0.2, -0.15) is 0 Å². The molecule has 0 heterocycles. The minimum absolute atomic E-state index is 0. The molecule has 0 radical (unpaired) electrons. The van der Waals surface area contributed by atoms with E-state index in [0.29, 0.717) is 51.1 Å². The van der Waals surface area contributed by atoms with E-state index in [1.54, 1.807) is 66.7 Å². The molecule has 8 rings (SSSR count). The molecular weight excluding hydrogens is 1370 g/mol. The first-order valence-corrected chi connectivity index (χ1v) is 31.5. The van der Waals surface area contributed by atoms with Gasteiger partial charge in [0.15, 0.2) is 0 Å². The zero-order chi connectivity index (χ0) is 66.8. The van der Waals surface area contributed by atoms with E-state index in [2.05, 4.69) is 30.3 Å². The number of esters is 4. The molecule has 8 aromatic carbocycles. The second-order valence-corrected chi connectivity index (χ2v) is 23.7. The number of hydrogen-bond donors (Lipinski definition) is 1. The third-order valence-corrected chi connectivity index (χ3v) is 17.3. The van der Waals surface area contributed by atoms with Gasteiger partial charge in [0.1, 0.15) is 35.0 Å². The molecule has 0 aliphatic heterocycles. The van der Waals surface area contributed by atoms with E-state index >= 15 is 0 Å². The Bertz CT molecular complexity index is 4000. The molecular formula is C65H69BrF2K2N4O17S2. The molecule has 28 heteroatoms. The van der Waals surface area contributed by atoms with Gasteiger partial charge in [0.2, 0.25) is 0 Å². The molecule has 0 aliphatic carbocycles.